The van der Waals surface area contributed by atoms with Crippen molar-refractivity contribution in [2.24, 2.45) is 5.92 Å². The van der Waals surface area contributed by atoms with Gasteiger partial charge in [0.2, 0.25) is 0 Å². The summed E-state index contributed by atoms with van der Waals surface area (Å²) in [5.74, 6) is -0.928. The minimum Gasteiger partial charge on any atom is -0.466 e. The number of ether oxygens (including phenoxy) is 1. The van der Waals surface area contributed by atoms with Crippen molar-refractivity contribution in [2.45, 2.75) is 46.3 Å². The molecule has 114 valence electrons. The number of carbonyl (C=O) groups excluding carboxylic acids is 1. The SMILES string of the molecule is CCOC(=O)C(C)Cc1cc(C(F)(F)F)nn1C(C)C. The van der Waals surface area contributed by atoms with E-state index in [1.54, 1.807) is 27.7 Å². The molecule has 1 aromatic rings. The second-order valence-electron chi connectivity index (χ2n) is 4.91. The van der Waals surface area contributed by atoms with Gasteiger partial charge in [-0.15, -0.1) is 0 Å². The fourth-order valence-electron chi connectivity index (χ4n) is 1.85. The zero-order valence-corrected chi connectivity index (χ0v) is 12.0. The predicted molar refractivity (Wildman–Crippen MR) is 67.1 cm³/mol. The Bertz CT molecular complexity index is 467. The molecular formula is C13H19F3N2O2. The highest BCUT2D eigenvalue weighted by molar-refractivity contribution is 5.72. The van der Waals surface area contributed by atoms with Gasteiger partial charge in [-0.05, 0) is 26.8 Å². The van der Waals surface area contributed by atoms with E-state index < -0.39 is 23.8 Å². The molecule has 7 heteroatoms. The Morgan fingerprint density at radius 2 is 2.00 bits per heavy atom. The lowest BCUT2D eigenvalue weighted by Crippen LogP contribution is -2.19. The fourth-order valence-corrected chi connectivity index (χ4v) is 1.85. The van der Waals surface area contributed by atoms with E-state index >= 15 is 0 Å². The molecule has 0 aliphatic rings. The molecule has 20 heavy (non-hydrogen) atoms. The molecule has 0 aromatic carbocycles. The molecule has 1 unspecified atom stereocenters. The van der Waals surface area contributed by atoms with Crippen LogP contribution in [0.1, 0.15) is 45.1 Å². The zero-order valence-electron chi connectivity index (χ0n) is 12.0. The second-order valence-corrected chi connectivity index (χ2v) is 4.91. The first-order valence-corrected chi connectivity index (χ1v) is 6.49. The summed E-state index contributed by atoms with van der Waals surface area (Å²) in [4.78, 5) is 11.6. The summed E-state index contributed by atoms with van der Waals surface area (Å²) >= 11 is 0. The molecule has 0 bridgehead atoms. The van der Waals surface area contributed by atoms with Gasteiger partial charge in [-0.25, -0.2) is 0 Å². The highest BCUT2D eigenvalue weighted by Gasteiger charge is 2.35. The van der Waals surface area contributed by atoms with Crippen LogP contribution in [0.5, 0.6) is 0 Å². The monoisotopic (exact) mass is 292 g/mol. The molecule has 0 spiro atoms. The van der Waals surface area contributed by atoms with Gasteiger partial charge in [0, 0.05) is 18.2 Å². The van der Waals surface area contributed by atoms with Gasteiger partial charge < -0.3 is 4.74 Å². The van der Waals surface area contributed by atoms with E-state index in [4.69, 9.17) is 4.74 Å². The standard InChI is InChI=1S/C13H19F3N2O2/c1-5-20-12(19)9(4)6-10-7-11(13(14,15)16)17-18(10)8(2)3/h7-9H,5-6H2,1-4H3. The number of carbonyl (C=O) groups is 1. The first-order valence-electron chi connectivity index (χ1n) is 6.49. The van der Waals surface area contributed by atoms with E-state index in [9.17, 15) is 18.0 Å². The molecule has 1 heterocycles. The quantitative estimate of drug-likeness (QED) is 0.783. The van der Waals surface area contributed by atoms with Crippen LogP contribution in [-0.4, -0.2) is 22.4 Å². The first kappa shape index (κ1) is 16.5. The Morgan fingerprint density at radius 3 is 2.45 bits per heavy atom. The van der Waals surface area contributed by atoms with Gasteiger partial charge in [0.25, 0.3) is 0 Å². The number of rotatable bonds is 5. The van der Waals surface area contributed by atoms with E-state index in [2.05, 4.69) is 5.10 Å². The Hall–Kier alpha value is -1.53. The molecule has 0 amide bonds. The average molecular weight is 292 g/mol. The summed E-state index contributed by atoms with van der Waals surface area (Å²) in [6, 6.07) is 0.783. The van der Waals surface area contributed by atoms with Gasteiger partial charge in [-0.3, -0.25) is 9.48 Å². The highest BCUT2D eigenvalue weighted by Crippen LogP contribution is 2.30. The Balaban J connectivity index is 2.99. The van der Waals surface area contributed by atoms with Crippen LogP contribution in [0.2, 0.25) is 0 Å². The maximum absolute atomic E-state index is 12.7. The van der Waals surface area contributed by atoms with Crippen molar-refractivity contribution in [2.75, 3.05) is 6.61 Å². The summed E-state index contributed by atoms with van der Waals surface area (Å²) in [5.41, 5.74) is -0.551. The molecular weight excluding hydrogens is 273 g/mol. The lowest BCUT2D eigenvalue weighted by molar-refractivity contribution is -0.147. The van der Waals surface area contributed by atoms with Crippen molar-refractivity contribution in [3.8, 4) is 0 Å². The van der Waals surface area contributed by atoms with Gasteiger partial charge in [0.05, 0.1) is 12.5 Å². The summed E-state index contributed by atoms with van der Waals surface area (Å²) in [6.45, 7) is 7.05. The number of halogens is 3. The lowest BCUT2D eigenvalue weighted by atomic mass is 10.1. The van der Waals surface area contributed by atoms with Crippen LogP contribution in [0.4, 0.5) is 13.2 Å². The topological polar surface area (TPSA) is 44.1 Å². The van der Waals surface area contributed by atoms with E-state index in [-0.39, 0.29) is 19.1 Å². The van der Waals surface area contributed by atoms with Crippen molar-refractivity contribution in [1.29, 1.82) is 0 Å². The molecule has 1 atom stereocenters. The Labute approximate surface area is 115 Å². The smallest absolute Gasteiger partial charge is 0.435 e. The third kappa shape index (κ3) is 3.98. The normalized spacial score (nSPS) is 13.6. The van der Waals surface area contributed by atoms with Gasteiger partial charge >= 0.3 is 12.1 Å². The second kappa shape index (κ2) is 6.28. The van der Waals surface area contributed by atoms with E-state index in [1.807, 2.05) is 0 Å². The molecule has 0 N–H and O–H groups in total. The molecule has 0 aliphatic heterocycles. The summed E-state index contributed by atoms with van der Waals surface area (Å²) in [6.07, 6.45) is -4.32. The Morgan fingerprint density at radius 1 is 1.40 bits per heavy atom. The van der Waals surface area contributed by atoms with Crippen molar-refractivity contribution < 1.29 is 22.7 Å². The minimum absolute atomic E-state index is 0.167. The molecule has 0 fully saturated rings. The molecule has 0 aliphatic carbocycles. The molecule has 0 saturated heterocycles. The first-order chi connectivity index (χ1) is 9.16. The van der Waals surface area contributed by atoms with Crippen LogP contribution >= 0.6 is 0 Å². The molecule has 0 saturated carbocycles. The zero-order chi connectivity index (χ0) is 15.5. The Kier molecular flexibility index (Phi) is 5.19. The molecule has 0 radical (unpaired) electrons. The largest absolute Gasteiger partial charge is 0.466 e. The van der Waals surface area contributed by atoms with Crippen LogP contribution in [0.25, 0.3) is 0 Å². The van der Waals surface area contributed by atoms with Gasteiger partial charge in [-0.2, -0.15) is 18.3 Å². The molecule has 1 aromatic heterocycles. The van der Waals surface area contributed by atoms with E-state index in [1.165, 1.54) is 4.68 Å². The van der Waals surface area contributed by atoms with Crippen LogP contribution in [0.15, 0.2) is 6.07 Å². The third-order valence-corrected chi connectivity index (χ3v) is 2.80. The molecule has 4 nitrogen and oxygen atoms in total. The van der Waals surface area contributed by atoms with Gasteiger partial charge in [-0.1, -0.05) is 6.92 Å². The number of aromatic nitrogens is 2. The maximum Gasteiger partial charge on any atom is 0.435 e. The van der Waals surface area contributed by atoms with Crippen LogP contribution in [0.3, 0.4) is 0 Å². The fraction of sp³-hybridized carbons (Fsp3) is 0.692. The van der Waals surface area contributed by atoms with Crippen molar-refractivity contribution in [3.05, 3.63) is 17.5 Å². The van der Waals surface area contributed by atoms with Crippen molar-refractivity contribution in [1.82, 2.24) is 9.78 Å². The van der Waals surface area contributed by atoms with Crippen LogP contribution in [0, 0.1) is 5.92 Å². The number of hydrogen-bond acceptors (Lipinski definition) is 3. The van der Waals surface area contributed by atoms with Crippen LogP contribution < -0.4 is 0 Å². The molecule has 1 rings (SSSR count). The van der Waals surface area contributed by atoms with Gasteiger partial charge in [0.1, 0.15) is 0 Å². The summed E-state index contributed by atoms with van der Waals surface area (Å²) in [7, 11) is 0. The predicted octanol–water partition coefficient (Wildman–Crippen LogP) is 3.22. The minimum atomic E-state index is -4.48. The van der Waals surface area contributed by atoms with Crippen LogP contribution in [-0.2, 0) is 22.1 Å². The van der Waals surface area contributed by atoms with Gasteiger partial charge in [0.15, 0.2) is 5.69 Å². The average Bonchev–Trinajstić information content (AvgIpc) is 2.73. The number of esters is 1. The van der Waals surface area contributed by atoms with E-state index in [0.29, 0.717) is 5.69 Å². The van der Waals surface area contributed by atoms with Crippen molar-refractivity contribution in [3.63, 3.8) is 0 Å². The third-order valence-electron chi connectivity index (χ3n) is 2.80. The maximum atomic E-state index is 12.7. The van der Waals surface area contributed by atoms with Crippen molar-refractivity contribution >= 4 is 5.97 Å². The number of nitrogens with zero attached hydrogens (tertiary/aromatic N) is 2. The number of hydrogen-bond donors (Lipinski definition) is 0. The lowest BCUT2D eigenvalue weighted by Gasteiger charge is -2.14. The summed E-state index contributed by atoms with van der Waals surface area (Å²) < 4.78 is 44.2. The number of alkyl halides is 3. The highest BCUT2D eigenvalue weighted by atomic mass is 19.4. The summed E-state index contributed by atoms with van der Waals surface area (Å²) in [5, 5.41) is 3.58. The van der Waals surface area contributed by atoms with E-state index in [0.717, 1.165) is 6.07 Å².